The van der Waals surface area contributed by atoms with Crippen LogP contribution < -0.4 is 15.8 Å². The number of hydrogen-bond acceptors (Lipinski definition) is 4. The molecule has 2 amide bonds. The summed E-state index contributed by atoms with van der Waals surface area (Å²) in [5, 5.41) is 2.81. The van der Waals surface area contributed by atoms with Crippen LogP contribution in [0.1, 0.15) is 17.5 Å². The third-order valence-electron chi connectivity index (χ3n) is 4.78. The van der Waals surface area contributed by atoms with Crippen molar-refractivity contribution in [3.05, 3.63) is 65.7 Å². The fourth-order valence-corrected chi connectivity index (χ4v) is 3.22. The lowest BCUT2D eigenvalue weighted by atomic mass is 10.1. The van der Waals surface area contributed by atoms with E-state index in [9.17, 15) is 9.59 Å². The summed E-state index contributed by atoms with van der Waals surface area (Å²) in [7, 11) is 1.62. The van der Waals surface area contributed by atoms with Gasteiger partial charge in [0, 0.05) is 13.1 Å². The minimum atomic E-state index is -0.671. The van der Waals surface area contributed by atoms with Crippen LogP contribution in [0.3, 0.4) is 0 Å². The summed E-state index contributed by atoms with van der Waals surface area (Å²) in [6.07, 6.45) is 1.04. The Bertz CT molecular complexity index is 783. The van der Waals surface area contributed by atoms with Crippen LogP contribution in [0.4, 0.5) is 0 Å². The van der Waals surface area contributed by atoms with Gasteiger partial charge in [0.25, 0.3) is 0 Å². The highest BCUT2D eigenvalue weighted by molar-refractivity contribution is 5.91. The second-order valence-corrected chi connectivity index (χ2v) is 6.75. The number of methoxy groups -OCH3 is 1. The number of nitrogens with two attached hydrogens (primary N) is 1. The van der Waals surface area contributed by atoms with Crippen molar-refractivity contribution in [2.75, 3.05) is 13.7 Å². The van der Waals surface area contributed by atoms with Crippen LogP contribution in [-0.4, -0.2) is 42.5 Å². The minimum absolute atomic E-state index is 0. The highest BCUT2D eigenvalue weighted by Crippen LogP contribution is 2.18. The van der Waals surface area contributed by atoms with Gasteiger partial charge in [-0.25, -0.2) is 0 Å². The number of carbonyl (C=O) groups is 2. The Labute approximate surface area is 171 Å². The van der Waals surface area contributed by atoms with E-state index in [4.69, 9.17) is 10.5 Å². The summed E-state index contributed by atoms with van der Waals surface area (Å²) >= 11 is 0. The van der Waals surface area contributed by atoms with Crippen LogP contribution in [0.25, 0.3) is 0 Å². The number of carbonyl (C=O) groups excluding carboxylic acids is 2. The standard InChI is InChI=1S/C21H25N3O3.ClH/c1-27-17-9-7-16(8-10-17)14-24-12-11-19(21(24)26)23-20(25)18(22)13-15-5-3-2-4-6-15;/h2-10,18-19H,11-14,22H2,1H3,(H,23,25);1H/t18-,19?;/m0./s1. The van der Waals surface area contributed by atoms with Crippen molar-refractivity contribution in [1.29, 1.82) is 0 Å². The molecule has 1 unspecified atom stereocenters. The predicted octanol–water partition coefficient (Wildman–Crippen LogP) is 1.90. The molecule has 28 heavy (non-hydrogen) atoms. The van der Waals surface area contributed by atoms with E-state index in [2.05, 4.69) is 5.32 Å². The Morgan fingerprint density at radius 1 is 1.18 bits per heavy atom. The van der Waals surface area contributed by atoms with Gasteiger partial charge in [-0.1, -0.05) is 42.5 Å². The van der Waals surface area contributed by atoms with E-state index < -0.39 is 12.1 Å². The molecule has 2 aromatic rings. The number of benzene rings is 2. The normalized spacial score (nSPS) is 17.0. The first kappa shape index (κ1) is 21.7. The molecule has 7 heteroatoms. The zero-order valence-corrected chi connectivity index (χ0v) is 16.7. The van der Waals surface area contributed by atoms with Gasteiger partial charge < -0.3 is 20.7 Å². The molecule has 0 aromatic heterocycles. The predicted molar refractivity (Wildman–Crippen MR) is 110 cm³/mol. The second-order valence-electron chi connectivity index (χ2n) is 6.75. The van der Waals surface area contributed by atoms with E-state index >= 15 is 0 Å². The van der Waals surface area contributed by atoms with E-state index in [1.54, 1.807) is 12.0 Å². The first-order valence-corrected chi connectivity index (χ1v) is 9.08. The molecule has 3 N–H and O–H groups in total. The molecule has 6 nitrogen and oxygen atoms in total. The Hall–Kier alpha value is -2.57. The number of nitrogens with one attached hydrogen (secondary N) is 1. The number of likely N-dealkylation sites (tertiary alicyclic amines) is 1. The monoisotopic (exact) mass is 403 g/mol. The van der Waals surface area contributed by atoms with Gasteiger partial charge in [0.1, 0.15) is 11.8 Å². The van der Waals surface area contributed by atoms with Crippen molar-refractivity contribution in [1.82, 2.24) is 10.2 Å². The molecule has 1 aliphatic heterocycles. The van der Waals surface area contributed by atoms with Crippen molar-refractivity contribution in [2.24, 2.45) is 5.73 Å². The summed E-state index contributed by atoms with van der Waals surface area (Å²) in [6, 6.07) is 16.1. The first-order chi connectivity index (χ1) is 13.1. The summed E-state index contributed by atoms with van der Waals surface area (Å²) in [4.78, 5) is 26.7. The Balaban J connectivity index is 0.00000280. The Kier molecular flexibility index (Phi) is 7.84. The highest BCUT2D eigenvalue weighted by Gasteiger charge is 2.33. The molecule has 3 rings (SSSR count). The largest absolute Gasteiger partial charge is 0.497 e. The van der Waals surface area contributed by atoms with Gasteiger partial charge in [0.05, 0.1) is 13.2 Å². The number of rotatable bonds is 7. The smallest absolute Gasteiger partial charge is 0.245 e. The zero-order chi connectivity index (χ0) is 19.2. The van der Waals surface area contributed by atoms with Gasteiger partial charge in [0.2, 0.25) is 11.8 Å². The van der Waals surface area contributed by atoms with Crippen LogP contribution in [-0.2, 0) is 22.6 Å². The maximum atomic E-state index is 12.6. The fourth-order valence-electron chi connectivity index (χ4n) is 3.22. The SMILES string of the molecule is COc1ccc(CN2CCC(NC(=O)[C@@H](N)Cc3ccccc3)C2=O)cc1.Cl. The third-order valence-corrected chi connectivity index (χ3v) is 4.78. The number of halogens is 1. The summed E-state index contributed by atoms with van der Waals surface area (Å²) in [5.41, 5.74) is 8.03. The van der Waals surface area contributed by atoms with Gasteiger partial charge in [-0.2, -0.15) is 0 Å². The summed E-state index contributed by atoms with van der Waals surface area (Å²) in [6.45, 7) is 1.13. The second kappa shape index (κ2) is 10.1. The Morgan fingerprint density at radius 2 is 1.86 bits per heavy atom. The number of hydrogen-bond donors (Lipinski definition) is 2. The number of ether oxygens (including phenoxy) is 1. The van der Waals surface area contributed by atoms with Crippen molar-refractivity contribution in [2.45, 2.75) is 31.5 Å². The lowest BCUT2D eigenvalue weighted by molar-refractivity contribution is -0.133. The lowest BCUT2D eigenvalue weighted by Gasteiger charge is -2.19. The average molecular weight is 404 g/mol. The molecule has 1 heterocycles. The molecule has 1 fully saturated rings. The van der Waals surface area contributed by atoms with E-state index in [0.717, 1.165) is 16.9 Å². The van der Waals surface area contributed by atoms with Gasteiger partial charge in [-0.05, 0) is 36.1 Å². The molecule has 1 aliphatic rings. The molecule has 2 atom stereocenters. The number of nitrogens with zero attached hydrogens (tertiary/aromatic N) is 1. The van der Waals surface area contributed by atoms with Crippen LogP contribution in [0, 0.1) is 0 Å². The average Bonchev–Trinajstić information content (AvgIpc) is 3.03. The van der Waals surface area contributed by atoms with Gasteiger partial charge >= 0.3 is 0 Å². The topological polar surface area (TPSA) is 84.7 Å². The van der Waals surface area contributed by atoms with Crippen molar-refractivity contribution in [3.63, 3.8) is 0 Å². The van der Waals surface area contributed by atoms with Gasteiger partial charge in [-0.3, -0.25) is 9.59 Å². The molecule has 0 bridgehead atoms. The third kappa shape index (κ3) is 5.47. The van der Waals surface area contributed by atoms with E-state index in [-0.39, 0.29) is 24.2 Å². The molecule has 0 saturated carbocycles. The first-order valence-electron chi connectivity index (χ1n) is 9.08. The van der Waals surface area contributed by atoms with Gasteiger partial charge in [-0.15, -0.1) is 12.4 Å². The molecule has 0 spiro atoms. The maximum Gasteiger partial charge on any atom is 0.245 e. The molecule has 2 aromatic carbocycles. The molecule has 150 valence electrons. The van der Waals surface area contributed by atoms with Crippen LogP contribution in [0.15, 0.2) is 54.6 Å². The van der Waals surface area contributed by atoms with Crippen molar-refractivity contribution in [3.8, 4) is 5.75 Å². The molecule has 0 aliphatic carbocycles. The van der Waals surface area contributed by atoms with Crippen LogP contribution in [0.2, 0.25) is 0 Å². The van der Waals surface area contributed by atoms with Crippen molar-refractivity contribution >= 4 is 24.2 Å². The quantitative estimate of drug-likeness (QED) is 0.739. The van der Waals surface area contributed by atoms with E-state index in [1.807, 2.05) is 54.6 Å². The van der Waals surface area contributed by atoms with Crippen LogP contribution in [0.5, 0.6) is 5.75 Å². The van der Waals surface area contributed by atoms with Gasteiger partial charge in [0.15, 0.2) is 0 Å². The molecular formula is C21H26ClN3O3. The minimum Gasteiger partial charge on any atom is -0.497 e. The van der Waals surface area contributed by atoms with E-state index in [0.29, 0.717) is 25.9 Å². The van der Waals surface area contributed by atoms with Crippen LogP contribution >= 0.6 is 12.4 Å². The maximum absolute atomic E-state index is 12.6. The van der Waals surface area contributed by atoms with E-state index in [1.165, 1.54) is 0 Å². The Morgan fingerprint density at radius 3 is 2.50 bits per heavy atom. The fraction of sp³-hybridized carbons (Fsp3) is 0.333. The molecular weight excluding hydrogens is 378 g/mol. The molecule has 0 radical (unpaired) electrons. The zero-order valence-electron chi connectivity index (χ0n) is 15.8. The summed E-state index contributed by atoms with van der Waals surface area (Å²) < 4.78 is 5.15. The number of amides is 2. The molecule has 1 saturated heterocycles. The van der Waals surface area contributed by atoms with Crippen molar-refractivity contribution < 1.29 is 14.3 Å². The highest BCUT2D eigenvalue weighted by atomic mass is 35.5. The lowest BCUT2D eigenvalue weighted by Crippen LogP contribution is -2.49. The summed E-state index contributed by atoms with van der Waals surface area (Å²) in [5.74, 6) is 0.429.